The molecule has 0 saturated carbocycles. The normalized spacial score (nSPS) is 12.9. The maximum absolute atomic E-state index is 3.97. The van der Waals surface area contributed by atoms with Gasteiger partial charge < -0.3 is 5.32 Å². The number of nitrogens with zero attached hydrogens (tertiary/aromatic N) is 1. The largest absolute Gasteiger partial charge is 0.305 e. The average molecular weight is 207 g/mol. The highest BCUT2D eigenvalue weighted by Crippen LogP contribution is 2.23. The number of hydrogen-bond acceptors (Lipinski definition) is 3. The van der Waals surface area contributed by atoms with Gasteiger partial charge in [-0.25, -0.2) is 0 Å². The summed E-state index contributed by atoms with van der Waals surface area (Å²) >= 11 is 1.76. The molecule has 0 amide bonds. The molecule has 0 bridgehead atoms. The van der Waals surface area contributed by atoms with Crippen molar-refractivity contribution in [2.45, 2.75) is 13.0 Å². The van der Waals surface area contributed by atoms with Crippen molar-refractivity contribution in [2.75, 3.05) is 6.54 Å². The van der Waals surface area contributed by atoms with E-state index in [1.54, 1.807) is 17.5 Å². The molecule has 74 valence electrons. The van der Waals surface area contributed by atoms with Gasteiger partial charge in [-0.05, 0) is 24.1 Å². The molecule has 0 aliphatic carbocycles. The van der Waals surface area contributed by atoms with E-state index in [0.29, 0.717) is 0 Å². The first kappa shape index (κ1) is 9.43. The highest BCUT2D eigenvalue weighted by atomic mass is 32.1. The van der Waals surface area contributed by atoms with Crippen molar-refractivity contribution in [2.24, 2.45) is 0 Å². The van der Waals surface area contributed by atoms with Crippen molar-refractivity contribution in [3.8, 4) is 0 Å². The number of aromatic amines is 1. The van der Waals surface area contributed by atoms with Gasteiger partial charge in [0.1, 0.15) is 0 Å². The fourth-order valence-corrected chi connectivity index (χ4v) is 2.27. The molecule has 0 aliphatic heterocycles. The van der Waals surface area contributed by atoms with Crippen LogP contribution in [0.25, 0.3) is 0 Å². The Bertz CT molecular complexity index is 318. The molecule has 2 aromatic heterocycles. The van der Waals surface area contributed by atoms with Crippen molar-refractivity contribution in [1.29, 1.82) is 0 Å². The fraction of sp³-hybridized carbons (Fsp3) is 0.300. The van der Waals surface area contributed by atoms with Crippen LogP contribution in [-0.4, -0.2) is 16.7 Å². The van der Waals surface area contributed by atoms with E-state index in [0.717, 1.165) is 12.2 Å². The van der Waals surface area contributed by atoms with Crippen LogP contribution in [0.15, 0.2) is 29.8 Å². The molecule has 3 nitrogen and oxygen atoms in total. The Balaban J connectivity index is 2.25. The van der Waals surface area contributed by atoms with Crippen LogP contribution in [0, 0.1) is 0 Å². The van der Waals surface area contributed by atoms with Crippen LogP contribution >= 0.6 is 11.3 Å². The Morgan fingerprint density at radius 1 is 1.57 bits per heavy atom. The predicted octanol–water partition coefficient (Wildman–Crippen LogP) is 2.17. The second kappa shape index (κ2) is 4.39. The molecule has 0 radical (unpaired) electrons. The van der Waals surface area contributed by atoms with Crippen LogP contribution in [-0.2, 0) is 0 Å². The standard InChI is InChI=1S/C10H13N3S/c1-2-11-10(8-5-6-12-13-8)9-4-3-7-14-9/h3-7,10-11H,2H2,1H3,(H,12,13). The lowest BCUT2D eigenvalue weighted by atomic mass is 10.2. The second-order valence-electron chi connectivity index (χ2n) is 3.02. The van der Waals surface area contributed by atoms with Gasteiger partial charge in [-0.15, -0.1) is 11.3 Å². The zero-order chi connectivity index (χ0) is 9.80. The Kier molecular flexibility index (Phi) is 2.96. The number of hydrogen-bond donors (Lipinski definition) is 2. The number of rotatable bonds is 4. The smallest absolute Gasteiger partial charge is 0.0839 e. The van der Waals surface area contributed by atoms with Gasteiger partial charge in [-0.2, -0.15) is 5.10 Å². The van der Waals surface area contributed by atoms with E-state index in [1.807, 2.05) is 6.07 Å². The van der Waals surface area contributed by atoms with E-state index in [4.69, 9.17) is 0 Å². The first-order chi connectivity index (χ1) is 6.92. The van der Waals surface area contributed by atoms with Gasteiger partial charge in [-0.3, -0.25) is 5.10 Å². The molecule has 14 heavy (non-hydrogen) atoms. The zero-order valence-electron chi connectivity index (χ0n) is 8.03. The van der Waals surface area contributed by atoms with Crippen molar-refractivity contribution in [3.05, 3.63) is 40.3 Å². The van der Waals surface area contributed by atoms with Crippen LogP contribution in [0.1, 0.15) is 23.5 Å². The van der Waals surface area contributed by atoms with Gasteiger partial charge in [0.2, 0.25) is 0 Å². The van der Waals surface area contributed by atoms with Crippen LogP contribution in [0.5, 0.6) is 0 Å². The summed E-state index contributed by atoms with van der Waals surface area (Å²) < 4.78 is 0. The first-order valence-corrected chi connectivity index (χ1v) is 5.56. The molecule has 0 aliphatic rings. The van der Waals surface area contributed by atoms with Crippen LogP contribution < -0.4 is 5.32 Å². The summed E-state index contributed by atoms with van der Waals surface area (Å²) in [5.41, 5.74) is 1.12. The van der Waals surface area contributed by atoms with Gasteiger partial charge in [0, 0.05) is 11.1 Å². The summed E-state index contributed by atoms with van der Waals surface area (Å²) in [5.74, 6) is 0. The minimum atomic E-state index is 0.252. The third-order valence-corrected chi connectivity index (χ3v) is 3.01. The highest BCUT2D eigenvalue weighted by Gasteiger charge is 2.14. The molecule has 1 atom stereocenters. The Hall–Kier alpha value is -1.13. The maximum atomic E-state index is 3.97. The summed E-state index contributed by atoms with van der Waals surface area (Å²) in [6.45, 7) is 3.05. The molecule has 0 aromatic carbocycles. The van der Waals surface area contributed by atoms with Crippen LogP contribution in [0.2, 0.25) is 0 Å². The molecular weight excluding hydrogens is 194 g/mol. The van der Waals surface area contributed by atoms with Gasteiger partial charge in [0.25, 0.3) is 0 Å². The molecule has 1 unspecified atom stereocenters. The van der Waals surface area contributed by atoms with Crippen LogP contribution in [0.4, 0.5) is 0 Å². The number of thiophene rings is 1. The molecule has 2 rings (SSSR count). The molecule has 0 fully saturated rings. The summed E-state index contributed by atoms with van der Waals surface area (Å²) in [6.07, 6.45) is 1.78. The quantitative estimate of drug-likeness (QED) is 0.806. The van der Waals surface area contributed by atoms with Crippen molar-refractivity contribution in [1.82, 2.24) is 15.5 Å². The summed E-state index contributed by atoms with van der Waals surface area (Å²) in [7, 11) is 0. The molecular formula is C10H13N3S. The lowest BCUT2D eigenvalue weighted by Crippen LogP contribution is -2.21. The van der Waals surface area contributed by atoms with E-state index >= 15 is 0 Å². The Morgan fingerprint density at radius 3 is 3.07 bits per heavy atom. The first-order valence-electron chi connectivity index (χ1n) is 4.68. The molecule has 0 saturated heterocycles. The van der Waals surface area contributed by atoms with Crippen LogP contribution in [0.3, 0.4) is 0 Å². The van der Waals surface area contributed by atoms with E-state index in [1.165, 1.54) is 4.88 Å². The Morgan fingerprint density at radius 2 is 2.50 bits per heavy atom. The predicted molar refractivity (Wildman–Crippen MR) is 58.4 cm³/mol. The van der Waals surface area contributed by atoms with Gasteiger partial charge in [0.05, 0.1) is 11.7 Å². The lowest BCUT2D eigenvalue weighted by Gasteiger charge is -2.13. The maximum Gasteiger partial charge on any atom is 0.0839 e. The van der Waals surface area contributed by atoms with E-state index in [2.05, 4.69) is 40.0 Å². The zero-order valence-corrected chi connectivity index (χ0v) is 8.84. The minimum Gasteiger partial charge on any atom is -0.305 e. The lowest BCUT2D eigenvalue weighted by molar-refractivity contribution is 0.622. The number of H-pyrrole nitrogens is 1. The topological polar surface area (TPSA) is 40.7 Å². The van der Waals surface area contributed by atoms with Crippen molar-refractivity contribution in [3.63, 3.8) is 0 Å². The third kappa shape index (κ3) is 1.86. The average Bonchev–Trinajstić information content (AvgIpc) is 2.87. The SMILES string of the molecule is CCNC(c1ccn[nH]1)c1cccs1. The molecule has 2 aromatic rings. The van der Waals surface area contributed by atoms with E-state index in [9.17, 15) is 0 Å². The summed E-state index contributed by atoms with van der Waals surface area (Å²) in [6, 6.07) is 6.47. The fourth-order valence-electron chi connectivity index (χ4n) is 1.45. The molecule has 2 N–H and O–H groups in total. The summed E-state index contributed by atoms with van der Waals surface area (Å²) in [5, 5.41) is 12.5. The van der Waals surface area contributed by atoms with E-state index in [-0.39, 0.29) is 6.04 Å². The second-order valence-corrected chi connectivity index (χ2v) is 4.00. The van der Waals surface area contributed by atoms with Crippen molar-refractivity contribution >= 4 is 11.3 Å². The van der Waals surface area contributed by atoms with Gasteiger partial charge >= 0.3 is 0 Å². The number of aromatic nitrogens is 2. The third-order valence-electron chi connectivity index (χ3n) is 2.07. The molecule has 2 heterocycles. The van der Waals surface area contributed by atoms with Gasteiger partial charge in [0.15, 0.2) is 0 Å². The molecule has 0 spiro atoms. The number of nitrogens with one attached hydrogen (secondary N) is 2. The van der Waals surface area contributed by atoms with Crippen molar-refractivity contribution < 1.29 is 0 Å². The highest BCUT2D eigenvalue weighted by molar-refractivity contribution is 7.10. The minimum absolute atomic E-state index is 0.252. The summed E-state index contributed by atoms with van der Waals surface area (Å²) in [4.78, 5) is 1.32. The monoisotopic (exact) mass is 207 g/mol. The Labute approximate surface area is 87.2 Å². The van der Waals surface area contributed by atoms with E-state index < -0.39 is 0 Å². The van der Waals surface area contributed by atoms with Gasteiger partial charge in [-0.1, -0.05) is 13.0 Å². The molecule has 4 heteroatoms.